The van der Waals surface area contributed by atoms with E-state index in [4.69, 9.17) is 20.5 Å². The zero-order chi connectivity index (χ0) is 19.8. The first-order valence-corrected chi connectivity index (χ1v) is 9.60. The van der Waals surface area contributed by atoms with E-state index < -0.39 is 0 Å². The number of benzene rings is 1. The van der Waals surface area contributed by atoms with Crippen molar-refractivity contribution in [3.8, 4) is 11.4 Å². The number of hydrogen-bond acceptors (Lipinski definition) is 7. The fourth-order valence-electron chi connectivity index (χ4n) is 3.58. The van der Waals surface area contributed by atoms with Gasteiger partial charge in [-0.3, -0.25) is 4.90 Å². The van der Waals surface area contributed by atoms with Crippen molar-refractivity contribution in [3.05, 3.63) is 76.5 Å². The number of aromatic amines is 1. The molecule has 0 saturated heterocycles. The third-order valence-corrected chi connectivity index (χ3v) is 5.31. The van der Waals surface area contributed by atoms with Crippen molar-refractivity contribution >= 4 is 11.6 Å². The number of fused-ring (bicyclic) bond motifs is 1. The summed E-state index contributed by atoms with van der Waals surface area (Å²) in [5, 5.41) is 14.1. The Balaban J connectivity index is 1.45. The summed E-state index contributed by atoms with van der Waals surface area (Å²) >= 11 is 5.97. The molecule has 4 aromatic rings. The van der Waals surface area contributed by atoms with E-state index in [1.54, 1.807) is 24.5 Å². The Morgan fingerprint density at radius 1 is 1.17 bits per heavy atom. The number of nitrogens with zero attached hydrogens (tertiary/aromatic N) is 4. The van der Waals surface area contributed by atoms with Crippen molar-refractivity contribution in [1.29, 1.82) is 0 Å². The van der Waals surface area contributed by atoms with Gasteiger partial charge in [0.05, 0.1) is 30.3 Å². The highest BCUT2D eigenvalue weighted by atomic mass is 35.5. The number of aromatic nitrogens is 4. The number of nitrogens with one attached hydrogen (secondary N) is 1. The van der Waals surface area contributed by atoms with Gasteiger partial charge in [-0.2, -0.15) is 4.98 Å². The molecular formula is C20H18ClN5O3. The third kappa shape index (κ3) is 3.57. The van der Waals surface area contributed by atoms with Gasteiger partial charge < -0.3 is 19.0 Å². The standard InChI is InChI=1S/C20H18ClN5O3/c21-13-3-1-12(2-4-13)19-24-20(29-25-19)18-7-16-17(23-11-22-16)9-26(18)8-14-5-6-15(10-27)28-14/h1-6,11,18,27H,7-10H2,(H,22,23)/t18-/m0/s1. The maximum atomic E-state index is 9.26. The number of hydrogen-bond donors (Lipinski definition) is 2. The number of imidazole rings is 1. The molecule has 0 spiro atoms. The first-order valence-electron chi connectivity index (χ1n) is 9.23. The van der Waals surface area contributed by atoms with Crippen LogP contribution in [0.3, 0.4) is 0 Å². The molecular weight excluding hydrogens is 394 g/mol. The minimum absolute atomic E-state index is 0.123. The molecule has 2 N–H and O–H groups in total. The van der Waals surface area contributed by atoms with Gasteiger partial charge in [0, 0.05) is 23.6 Å². The summed E-state index contributed by atoms with van der Waals surface area (Å²) in [6.07, 6.45) is 2.35. The molecule has 0 fully saturated rings. The molecule has 0 radical (unpaired) electrons. The summed E-state index contributed by atoms with van der Waals surface area (Å²) < 4.78 is 11.3. The lowest BCUT2D eigenvalue weighted by molar-refractivity contribution is 0.117. The van der Waals surface area contributed by atoms with Crippen molar-refractivity contribution < 1.29 is 14.0 Å². The van der Waals surface area contributed by atoms with Crippen molar-refractivity contribution in [1.82, 2.24) is 25.0 Å². The Morgan fingerprint density at radius 3 is 2.79 bits per heavy atom. The molecule has 0 amide bonds. The Bertz CT molecular complexity index is 1120. The van der Waals surface area contributed by atoms with Crippen LogP contribution < -0.4 is 0 Å². The van der Waals surface area contributed by atoms with Gasteiger partial charge >= 0.3 is 0 Å². The fraction of sp³-hybridized carbons (Fsp3) is 0.250. The van der Waals surface area contributed by atoms with Gasteiger partial charge in [0.1, 0.15) is 18.1 Å². The Kier molecular flexibility index (Phi) is 4.67. The number of halogens is 1. The first-order chi connectivity index (χ1) is 14.2. The maximum absolute atomic E-state index is 9.26. The van der Waals surface area contributed by atoms with Crippen LogP contribution in [0.25, 0.3) is 11.4 Å². The molecule has 1 aromatic carbocycles. The zero-order valence-electron chi connectivity index (χ0n) is 15.4. The van der Waals surface area contributed by atoms with E-state index in [0.717, 1.165) is 22.7 Å². The molecule has 3 aromatic heterocycles. The summed E-state index contributed by atoms with van der Waals surface area (Å²) in [7, 11) is 0. The van der Waals surface area contributed by atoms with Crippen LogP contribution in [0.15, 0.2) is 51.7 Å². The predicted molar refractivity (Wildman–Crippen MR) is 104 cm³/mol. The summed E-state index contributed by atoms with van der Waals surface area (Å²) in [5.74, 6) is 2.35. The van der Waals surface area contributed by atoms with E-state index in [-0.39, 0.29) is 12.6 Å². The van der Waals surface area contributed by atoms with Crippen LogP contribution in [0.2, 0.25) is 5.02 Å². The summed E-state index contributed by atoms with van der Waals surface area (Å²) in [6, 6.07) is 10.8. The lowest BCUT2D eigenvalue weighted by Crippen LogP contribution is -2.34. The Hall–Kier alpha value is -2.94. The minimum Gasteiger partial charge on any atom is -0.462 e. The lowest BCUT2D eigenvalue weighted by Gasteiger charge is -2.31. The normalized spacial score (nSPS) is 16.8. The van der Waals surface area contributed by atoms with Gasteiger partial charge in [-0.05, 0) is 36.4 Å². The predicted octanol–water partition coefficient (Wildman–Crippen LogP) is 3.50. The number of H-pyrrole nitrogens is 1. The molecule has 1 aliphatic rings. The highest BCUT2D eigenvalue weighted by Gasteiger charge is 2.33. The molecule has 4 heterocycles. The molecule has 0 aliphatic carbocycles. The molecule has 0 unspecified atom stereocenters. The molecule has 8 nitrogen and oxygen atoms in total. The number of aliphatic hydroxyl groups is 1. The molecule has 9 heteroatoms. The molecule has 29 heavy (non-hydrogen) atoms. The van der Waals surface area contributed by atoms with E-state index >= 15 is 0 Å². The van der Waals surface area contributed by atoms with Crippen LogP contribution in [0.5, 0.6) is 0 Å². The second kappa shape index (κ2) is 7.47. The van der Waals surface area contributed by atoms with Gasteiger partial charge in [-0.1, -0.05) is 16.8 Å². The molecule has 1 aliphatic heterocycles. The van der Waals surface area contributed by atoms with E-state index in [2.05, 4.69) is 25.0 Å². The quantitative estimate of drug-likeness (QED) is 0.517. The summed E-state index contributed by atoms with van der Waals surface area (Å²) in [4.78, 5) is 14.4. The highest BCUT2D eigenvalue weighted by molar-refractivity contribution is 6.30. The monoisotopic (exact) mass is 411 g/mol. The maximum Gasteiger partial charge on any atom is 0.244 e. The largest absolute Gasteiger partial charge is 0.462 e. The number of aliphatic hydroxyl groups excluding tert-OH is 1. The van der Waals surface area contributed by atoms with Gasteiger partial charge in [-0.25, -0.2) is 4.98 Å². The van der Waals surface area contributed by atoms with Crippen LogP contribution in [-0.4, -0.2) is 30.1 Å². The lowest BCUT2D eigenvalue weighted by atomic mass is 10.0. The van der Waals surface area contributed by atoms with Gasteiger partial charge in [-0.15, -0.1) is 0 Å². The average molecular weight is 412 g/mol. The van der Waals surface area contributed by atoms with E-state index in [1.807, 2.05) is 18.2 Å². The van der Waals surface area contributed by atoms with Crippen LogP contribution in [-0.2, 0) is 26.1 Å². The Morgan fingerprint density at radius 2 is 2.00 bits per heavy atom. The third-order valence-electron chi connectivity index (χ3n) is 5.06. The zero-order valence-corrected chi connectivity index (χ0v) is 16.1. The van der Waals surface area contributed by atoms with E-state index in [1.165, 1.54) is 0 Å². The molecule has 1 atom stereocenters. The smallest absolute Gasteiger partial charge is 0.244 e. The van der Waals surface area contributed by atoms with Crippen LogP contribution in [0.4, 0.5) is 0 Å². The van der Waals surface area contributed by atoms with Gasteiger partial charge in [0.25, 0.3) is 0 Å². The molecule has 0 bridgehead atoms. The van der Waals surface area contributed by atoms with Crippen molar-refractivity contribution in [2.24, 2.45) is 0 Å². The average Bonchev–Trinajstić information content (AvgIpc) is 3.48. The topological polar surface area (TPSA) is 104 Å². The van der Waals surface area contributed by atoms with Crippen molar-refractivity contribution in [3.63, 3.8) is 0 Å². The molecule has 5 rings (SSSR count). The molecule has 0 saturated carbocycles. The Labute approximate surface area is 171 Å². The molecule has 148 valence electrons. The van der Waals surface area contributed by atoms with Crippen LogP contribution >= 0.6 is 11.6 Å². The fourth-order valence-corrected chi connectivity index (χ4v) is 3.70. The number of furan rings is 1. The van der Waals surface area contributed by atoms with Crippen molar-refractivity contribution in [2.75, 3.05) is 0 Å². The van der Waals surface area contributed by atoms with Crippen LogP contribution in [0.1, 0.15) is 34.8 Å². The highest BCUT2D eigenvalue weighted by Crippen LogP contribution is 2.33. The number of rotatable bonds is 5. The summed E-state index contributed by atoms with van der Waals surface area (Å²) in [5.41, 5.74) is 2.89. The van der Waals surface area contributed by atoms with Crippen molar-refractivity contribution in [2.45, 2.75) is 32.2 Å². The second-order valence-corrected chi connectivity index (χ2v) is 7.38. The minimum atomic E-state index is -0.137. The first kappa shape index (κ1) is 18.1. The van der Waals surface area contributed by atoms with E-state index in [9.17, 15) is 5.11 Å². The van der Waals surface area contributed by atoms with Gasteiger partial charge in [0.15, 0.2) is 0 Å². The van der Waals surface area contributed by atoms with E-state index in [0.29, 0.717) is 42.0 Å². The van der Waals surface area contributed by atoms with Crippen LogP contribution in [0, 0.1) is 0 Å². The van der Waals surface area contributed by atoms with Gasteiger partial charge in [0.2, 0.25) is 11.7 Å². The SMILES string of the molecule is OCc1ccc(CN2Cc3[nH]cnc3C[C@H]2c2nc(-c3ccc(Cl)cc3)no2)o1. The second-order valence-electron chi connectivity index (χ2n) is 6.94. The summed E-state index contributed by atoms with van der Waals surface area (Å²) in [6.45, 7) is 1.07.